The molecule has 0 saturated carbocycles. The summed E-state index contributed by atoms with van der Waals surface area (Å²) in [5, 5.41) is 23.3. The first-order chi connectivity index (χ1) is 16.0. The Morgan fingerprint density at radius 1 is 1.03 bits per heavy atom. The zero-order valence-electron chi connectivity index (χ0n) is 21.0. The van der Waals surface area contributed by atoms with Gasteiger partial charge in [-0.3, -0.25) is 4.98 Å². The van der Waals surface area contributed by atoms with E-state index in [9.17, 15) is 10.2 Å². The molecule has 3 aromatic rings. The second-order valence-electron chi connectivity index (χ2n) is 10.5. The van der Waals surface area contributed by atoms with Gasteiger partial charge in [0.25, 0.3) is 0 Å². The quantitative estimate of drug-likeness (QED) is 0.569. The smallest absolute Gasteiger partial charge is 0.163 e. The minimum Gasteiger partial charge on any atom is -0.380 e. The van der Waals surface area contributed by atoms with Crippen LogP contribution in [0.2, 0.25) is 0 Å². The van der Waals surface area contributed by atoms with E-state index in [0.29, 0.717) is 17.0 Å². The Kier molecular flexibility index (Phi) is 6.20. The number of likely N-dealkylation sites (tertiary alicyclic amines) is 1. The summed E-state index contributed by atoms with van der Waals surface area (Å²) in [4.78, 5) is 6.64. The second-order valence-corrected chi connectivity index (χ2v) is 10.5. The van der Waals surface area contributed by atoms with E-state index in [1.807, 2.05) is 48.1 Å². The molecule has 1 fully saturated rings. The summed E-state index contributed by atoms with van der Waals surface area (Å²) < 4.78 is 1.86. The molecular weight excluding hydrogens is 422 g/mol. The highest BCUT2D eigenvalue weighted by Crippen LogP contribution is 2.50. The Balaban J connectivity index is 1.76. The van der Waals surface area contributed by atoms with Gasteiger partial charge in [0.1, 0.15) is 5.60 Å². The lowest BCUT2D eigenvalue weighted by molar-refractivity contribution is -0.127. The molecule has 5 heteroatoms. The summed E-state index contributed by atoms with van der Waals surface area (Å²) in [7, 11) is 3.95. The summed E-state index contributed by atoms with van der Waals surface area (Å²) in [5.41, 5.74) is 1.28. The Morgan fingerprint density at radius 2 is 1.71 bits per heavy atom. The van der Waals surface area contributed by atoms with E-state index in [1.54, 1.807) is 19.3 Å². The van der Waals surface area contributed by atoms with Gasteiger partial charge in [-0.25, -0.2) is 0 Å². The summed E-state index contributed by atoms with van der Waals surface area (Å²) in [6, 6.07) is 13.9. The van der Waals surface area contributed by atoms with Gasteiger partial charge < -0.3 is 19.7 Å². The van der Waals surface area contributed by atoms with Gasteiger partial charge in [0, 0.05) is 55.3 Å². The van der Waals surface area contributed by atoms with Crippen LogP contribution in [-0.4, -0.2) is 44.8 Å². The minimum absolute atomic E-state index is 0.372. The molecule has 4 rings (SSSR count). The molecule has 1 aliphatic heterocycles. The van der Waals surface area contributed by atoms with Gasteiger partial charge in [-0.05, 0) is 49.2 Å². The van der Waals surface area contributed by atoms with E-state index in [4.69, 9.17) is 0 Å². The van der Waals surface area contributed by atoms with Crippen molar-refractivity contribution in [2.45, 2.75) is 44.8 Å². The standard InChI is InChI=1S/C29H35N3O2/c1-21(2)23-9-11-24(12-10-23)29(34,27(3)19-31(5)20-27)25-16-22(17-30-18-25)13-14-28(4,33)26-8-7-15-32(26)6/h7-12,15-18,21,33-34H,19-20H2,1-6H3. The monoisotopic (exact) mass is 457 g/mol. The predicted octanol–water partition coefficient (Wildman–Crippen LogP) is 3.99. The average molecular weight is 458 g/mol. The normalized spacial score (nSPS) is 19.0. The molecule has 2 N–H and O–H groups in total. The van der Waals surface area contributed by atoms with Crippen LogP contribution in [0.3, 0.4) is 0 Å². The molecule has 0 radical (unpaired) electrons. The largest absolute Gasteiger partial charge is 0.380 e. The summed E-state index contributed by atoms with van der Waals surface area (Å²) in [5.74, 6) is 6.49. The van der Waals surface area contributed by atoms with Crippen LogP contribution in [0.1, 0.15) is 61.6 Å². The van der Waals surface area contributed by atoms with Crippen molar-refractivity contribution in [3.05, 3.63) is 89.0 Å². The average Bonchev–Trinajstić information content (AvgIpc) is 3.23. The molecule has 1 aromatic carbocycles. The molecule has 1 saturated heterocycles. The van der Waals surface area contributed by atoms with Crippen molar-refractivity contribution < 1.29 is 10.2 Å². The first kappa shape index (κ1) is 24.2. The van der Waals surface area contributed by atoms with Crippen LogP contribution in [-0.2, 0) is 18.2 Å². The first-order valence-electron chi connectivity index (χ1n) is 11.8. The predicted molar refractivity (Wildman–Crippen MR) is 135 cm³/mol. The van der Waals surface area contributed by atoms with E-state index in [1.165, 1.54) is 5.56 Å². The molecule has 0 spiro atoms. The molecule has 1 aliphatic rings. The molecule has 34 heavy (non-hydrogen) atoms. The fraction of sp³-hybridized carbons (Fsp3) is 0.414. The third-order valence-corrected chi connectivity index (χ3v) is 7.16. The minimum atomic E-state index is -1.31. The van der Waals surface area contributed by atoms with Crippen molar-refractivity contribution in [3.63, 3.8) is 0 Å². The summed E-state index contributed by atoms with van der Waals surface area (Å²) in [6.45, 7) is 9.69. The molecule has 2 atom stereocenters. The number of hydrogen-bond acceptors (Lipinski definition) is 4. The number of aryl methyl sites for hydroxylation is 1. The van der Waals surface area contributed by atoms with Crippen molar-refractivity contribution in [1.29, 1.82) is 0 Å². The van der Waals surface area contributed by atoms with E-state index in [-0.39, 0.29) is 5.41 Å². The van der Waals surface area contributed by atoms with Crippen molar-refractivity contribution in [2.24, 2.45) is 12.5 Å². The number of aromatic nitrogens is 2. The number of pyridine rings is 1. The fourth-order valence-electron chi connectivity index (χ4n) is 5.28. The third-order valence-electron chi connectivity index (χ3n) is 7.16. The highest BCUT2D eigenvalue weighted by molar-refractivity contribution is 5.45. The van der Waals surface area contributed by atoms with Crippen LogP contribution in [0.25, 0.3) is 0 Å². The number of benzene rings is 1. The number of rotatable bonds is 5. The SMILES string of the molecule is CC(C)c1ccc(C(O)(c2cncc(C#CC(C)(O)c3cccn3C)c2)C2(C)CN(C)C2)cc1. The van der Waals surface area contributed by atoms with E-state index in [2.05, 4.69) is 61.7 Å². The lowest BCUT2D eigenvalue weighted by atomic mass is 9.62. The van der Waals surface area contributed by atoms with Crippen LogP contribution >= 0.6 is 0 Å². The van der Waals surface area contributed by atoms with Crippen LogP contribution in [0, 0.1) is 17.3 Å². The topological polar surface area (TPSA) is 61.5 Å². The first-order valence-corrected chi connectivity index (χ1v) is 11.8. The zero-order valence-corrected chi connectivity index (χ0v) is 21.0. The molecule has 2 aromatic heterocycles. The Morgan fingerprint density at radius 3 is 2.26 bits per heavy atom. The van der Waals surface area contributed by atoms with Gasteiger partial charge in [0.15, 0.2) is 5.60 Å². The van der Waals surface area contributed by atoms with E-state index in [0.717, 1.165) is 24.3 Å². The lowest BCUT2D eigenvalue weighted by Gasteiger charge is -2.55. The highest BCUT2D eigenvalue weighted by atomic mass is 16.3. The van der Waals surface area contributed by atoms with Crippen molar-refractivity contribution in [2.75, 3.05) is 20.1 Å². The summed E-state index contributed by atoms with van der Waals surface area (Å²) >= 11 is 0. The number of nitrogens with zero attached hydrogens (tertiary/aromatic N) is 3. The Hall–Kier alpha value is -2.91. The van der Waals surface area contributed by atoms with E-state index < -0.39 is 11.2 Å². The molecule has 5 nitrogen and oxygen atoms in total. The molecule has 0 amide bonds. The zero-order chi connectivity index (χ0) is 24.7. The van der Waals surface area contributed by atoms with Gasteiger partial charge in [-0.1, -0.05) is 56.9 Å². The molecule has 2 unspecified atom stereocenters. The van der Waals surface area contributed by atoms with Crippen molar-refractivity contribution in [3.8, 4) is 11.8 Å². The van der Waals surface area contributed by atoms with Crippen LogP contribution < -0.4 is 0 Å². The maximum atomic E-state index is 12.4. The van der Waals surface area contributed by atoms with Crippen molar-refractivity contribution in [1.82, 2.24) is 14.5 Å². The second kappa shape index (κ2) is 8.70. The summed E-state index contributed by atoms with van der Waals surface area (Å²) in [6.07, 6.45) is 5.30. The van der Waals surface area contributed by atoms with Gasteiger partial charge in [0.2, 0.25) is 0 Å². The van der Waals surface area contributed by atoms with E-state index >= 15 is 0 Å². The molecule has 178 valence electrons. The third kappa shape index (κ3) is 4.18. The van der Waals surface area contributed by atoms with Gasteiger partial charge in [0.05, 0.1) is 5.69 Å². The van der Waals surface area contributed by atoms with Crippen molar-refractivity contribution >= 4 is 0 Å². The molecular formula is C29H35N3O2. The molecule has 0 bridgehead atoms. The fourth-order valence-corrected chi connectivity index (χ4v) is 5.28. The highest BCUT2D eigenvalue weighted by Gasteiger charge is 2.55. The number of hydrogen-bond donors (Lipinski definition) is 2. The van der Waals surface area contributed by atoms with Gasteiger partial charge in [-0.15, -0.1) is 0 Å². The van der Waals surface area contributed by atoms with Crippen LogP contribution in [0.4, 0.5) is 0 Å². The Labute approximate surface area is 203 Å². The maximum absolute atomic E-state index is 12.4. The molecule has 3 heterocycles. The van der Waals surface area contributed by atoms with Crippen LogP contribution in [0.15, 0.2) is 61.1 Å². The number of aliphatic hydroxyl groups is 2. The maximum Gasteiger partial charge on any atom is 0.163 e. The van der Waals surface area contributed by atoms with Gasteiger partial charge >= 0.3 is 0 Å². The van der Waals surface area contributed by atoms with Crippen LogP contribution in [0.5, 0.6) is 0 Å². The van der Waals surface area contributed by atoms with Gasteiger partial charge in [-0.2, -0.15) is 0 Å². The molecule has 0 aliphatic carbocycles. The lowest BCUT2D eigenvalue weighted by Crippen LogP contribution is -2.63. The Bertz CT molecular complexity index is 1220.